The van der Waals surface area contributed by atoms with E-state index >= 15 is 0 Å². The van der Waals surface area contributed by atoms with Gasteiger partial charge in [0.15, 0.2) is 0 Å². The Labute approximate surface area is 124 Å². The number of amides is 3. The molecule has 0 saturated carbocycles. The van der Waals surface area contributed by atoms with Crippen LogP contribution in [0.25, 0.3) is 0 Å². The van der Waals surface area contributed by atoms with Gasteiger partial charge in [-0.2, -0.15) is 5.26 Å². The average molecular weight is 288 g/mol. The number of rotatable bonds is 6. The van der Waals surface area contributed by atoms with Gasteiger partial charge in [-0.3, -0.25) is 15.0 Å². The predicted octanol–water partition coefficient (Wildman–Crippen LogP) is 1.35. The predicted molar refractivity (Wildman–Crippen MR) is 79.0 cm³/mol. The lowest BCUT2D eigenvalue weighted by Crippen LogP contribution is -2.38. The topological polar surface area (TPSA) is 99.2 Å². The molecule has 1 rings (SSSR count). The fourth-order valence-corrected chi connectivity index (χ4v) is 1.88. The van der Waals surface area contributed by atoms with E-state index in [0.717, 1.165) is 5.56 Å². The van der Waals surface area contributed by atoms with Crippen LogP contribution in [0.15, 0.2) is 24.3 Å². The van der Waals surface area contributed by atoms with Crippen LogP contribution in [0.3, 0.4) is 0 Å². The molecule has 0 unspecified atom stereocenters. The maximum Gasteiger partial charge on any atom is 0.318 e. The molecule has 0 bridgehead atoms. The third-order valence-corrected chi connectivity index (χ3v) is 3.09. The van der Waals surface area contributed by atoms with Crippen molar-refractivity contribution in [2.75, 3.05) is 6.54 Å². The third kappa shape index (κ3) is 6.06. The molecule has 3 amide bonds. The minimum Gasteiger partial charge on any atom is -0.351 e. The highest BCUT2D eigenvalue weighted by Crippen LogP contribution is 2.10. The van der Waals surface area contributed by atoms with Gasteiger partial charge in [0.1, 0.15) is 0 Å². The van der Waals surface area contributed by atoms with Crippen molar-refractivity contribution < 1.29 is 9.59 Å². The van der Waals surface area contributed by atoms with Gasteiger partial charge >= 0.3 is 6.03 Å². The zero-order valence-electron chi connectivity index (χ0n) is 12.3. The maximum atomic E-state index is 11.4. The fraction of sp³-hybridized carbons (Fsp3) is 0.400. The monoisotopic (exact) mass is 288 g/mol. The average Bonchev–Trinajstić information content (AvgIpc) is 2.43. The van der Waals surface area contributed by atoms with Crippen LogP contribution in [-0.4, -0.2) is 29.4 Å². The Morgan fingerprint density at radius 1 is 1.33 bits per heavy atom. The number of nitrogens with two attached hydrogens (primary N) is 1. The Hall–Kier alpha value is -2.39. The smallest absolute Gasteiger partial charge is 0.318 e. The van der Waals surface area contributed by atoms with Gasteiger partial charge in [-0.05, 0) is 31.5 Å². The molecule has 0 spiro atoms. The highest BCUT2D eigenvalue weighted by molar-refractivity contribution is 5.93. The Kier molecular flexibility index (Phi) is 6.37. The van der Waals surface area contributed by atoms with E-state index in [0.29, 0.717) is 18.7 Å². The first kappa shape index (κ1) is 16.7. The number of urea groups is 1. The molecule has 3 N–H and O–H groups in total. The van der Waals surface area contributed by atoms with Crippen molar-refractivity contribution in [3.63, 3.8) is 0 Å². The number of nitriles is 1. The van der Waals surface area contributed by atoms with Gasteiger partial charge in [-0.15, -0.1) is 0 Å². The first-order valence-electron chi connectivity index (χ1n) is 6.74. The van der Waals surface area contributed by atoms with Crippen LogP contribution in [0.2, 0.25) is 0 Å². The number of nitrogens with zero attached hydrogens (tertiary/aromatic N) is 2. The van der Waals surface area contributed by atoms with Gasteiger partial charge < -0.3 is 5.73 Å². The van der Waals surface area contributed by atoms with Gasteiger partial charge in [-0.1, -0.05) is 12.1 Å². The second-order valence-corrected chi connectivity index (χ2v) is 5.04. The maximum absolute atomic E-state index is 11.4. The van der Waals surface area contributed by atoms with Crippen molar-refractivity contribution in [2.24, 2.45) is 5.73 Å². The van der Waals surface area contributed by atoms with E-state index in [1.54, 1.807) is 12.1 Å². The van der Waals surface area contributed by atoms with E-state index in [1.807, 2.05) is 26.0 Å². The zero-order chi connectivity index (χ0) is 15.8. The van der Waals surface area contributed by atoms with Crippen molar-refractivity contribution >= 4 is 11.9 Å². The van der Waals surface area contributed by atoms with Gasteiger partial charge in [0.2, 0.25) is 5.91 Å². The SMILES string of the molecule is CC(C)N(CCC(=O)NC(N)=O)Cc1ccc(C#N)cc1. The minimum atomic E-state index is -0.830. The van der Waals surface area contributed by atoms with Crippen LogP contribution >= 0.6 is 0 Å². The normalized spacial score (nSPS) is 10.4. The summed E-state index contributed by atoms with van der Waals surface area (Å²) in [5, 5.41) is 10.8. The third-order valence-electron chi connectivity index (χ3n) is 3.09. The number of imide groups is 1. The summed E-state index contributed by atoms with van der Waals surface area (Å²) in [5.41, 5.74) is 6.59. The summed E-state index contributed by atoms with van der Waals surface area (Å²) in [6.45, 7) is 5.27. The number of hydrogen-bond acceptors (Lipinski definition) is 4. The Bertz CT molecular complexity index is 532. The van der Waals surface area contributed by atoms with Crippen molar-refractivity contribution in [3.05, 3.63) is 35.4 Å². The second kappa shape index (κ2) is 8.02. The molecule has 0 aliphatic heterocycles. The summed E-state index contributed by atoms with van der Waals surface area (Å²) in [5.74, 6) is -0.382. The van der Waals surface area contributed by atoms with Crippen molar-refractivity contribution in [1.82, 2.24) is 10.2 Å². The van der Waals surface area contributed by atoms with Crippen molar-refractivity contribution in [2.45, 2.75) is 32.9 Å². The molecule has 0 fully saturated rings. The van der Waals surface area contributed by atoms with E-state index in [4.69, 9.17) is 11.0 Å². The van der Waals surface area contributed by atoms with Crippen LogP contribution in [0.4, 0.5) is 4.79 Å². The molecule has 0 aliphatic carbocycles. The van der Waals surface area contributed by atoms with E-state index in [-0.39, 0.29) is 18.4 Å². The molecule has 1 aromatic carbocycles. The van der Waals surface area contributed by atoms with Crippen molar-refractivity contribution in [1.29, 1.82) is 5.26 Å². The number of primary amides is 1. The zero-order valence-corrected chi connectivity index (χ0v) is 12.3. The molecule has 21 heavy (non-hydrogen) atoms. The van der Waals surface area contributed by atoms with Crippen LogP contribution in [0, 0.1) is 11.3 Å². The van der Waals surface area contributed by atoms with Crippen LogP contribution < -0.4 is 11.1 Å². The summed E-state index contributed by atoms with van der Waals surface area (Å²) in [6, 6.07) is 8.84. The molecule has 6 nitrogen and oxygen atoms in total. The van der Waals surface area contributed by atoms with Gasteiger partial charge in [-0.25, -0.2) is 4.79 Å². The molecular formula is C15H20N4O2. The molecule has 0 saturated heterocycles. The number of hydrogen-bond donors (Lipinski definition) is 2. The number of carbonyl (C=O) groups is 2. The second-order valence-electron chi connectivity index (χ2n) is 5.04. The van der Waals surface area contributed by atoms with Crippen molar-refractivity contribution in [3.8, 4) is 6.07 Å². The Balaban J connectivity index is 2.59. The van der Waals surface area contributed by atoms with E-state index in [9.17, 15) is 9.59 Å². The summed E-state index contributed by atoms with van der Waals surface area (Å²) >= 11 is 0. The highest BCUT2D eigenvalue weighted by atomic mass is 16.2. The molecule has 0 heterocycles. The van der Waals surface area contributed by atoms with Crippen LogP contribution in [0.5, 0.6) is 0 Å². The fourth-order valence-electron chi connectivity index (χ4n) is 1.88. The van der Waals surface area contributed by atoms with E-state index in [1.165, 1.54) is 0 Å². The molecule has 0 aromatic heterocycles. The Morgan fingerprint density at radius 3 is 2.43 bits per heavy atom. The summed E-state index contributed by atoms with van der Waals surface area (Å²) in [7, 11) is 0. The van der Waals surface area contributed by atoms with Crippen LogP contribution in [0.1, 0.15) is 31.4 Å². The standard InChI is InChI=1S/C15H20N4O2/c1-11(2)19(8-7-14(20)18-15(17)21)10-13-5-3-12(9-16)4-6-13/h3-6,11H,7-8,10H2,1-2H3,(H3,17,18,20,21). The van der Waals surface area contributed by atoms with Gasteiger partial charge in [0.25, 0.3) is 0 Å². The van der Waals surface area contributed by atoms with Crippen LogP contribution in [-0.2, 0) is 11.3 Å². The number of carbonyl (C=O) groups excluding carboxylic acids is 2. The molecule has 0 atom stereocenters. The molecule has 0 aliphatic rings. The first-order valence-corrected chi connectivity index (χ1v) is 6.74. The molecule has 112 valence electrons. The molecular weight excluding hydrogens is 268 g/mol. The Morgan fingerprint density at radius 2 is 1.95 bits per heavy atom. The largest absolute Gasteiger partial charge is 0.351 e. The summed E-state index contributed by atoms with van der Waals surface area (Å²) < 4.78 is 0. The molecule has 0 radical (unpaired) electrons. The highest BCUT2D eigenvalue weighted by Gasteiger charge is 2.13. The first-order chi connectivity index (χ1) is 9.92. The lowest BCUT2D eigenvalue weighted by atomic mass is 10.1. The minimum absolute atomic E-state index is 0.206. The van der Waals surface area contributed by atoms with E-state index in [2.05, 4.69) is 16.3 Å². The van der Waals surface area contributed by atoms with E-state index < -0.39 is 6.03 Å². The van der Waals surface area contributed by atoms with Gasteiger partial charge in [0, 0.05) is 25.6 Å². The number of nitrogens with one attached hydrogen (secondary N) is 1. The summed E-state index contributed by atoms with van der Waals surface area (Å²) in [4.78, 5) is 24.1. The quantitative estimate of drug-likeness (QED) is 0.825. The number of benzene rings is 1. The molecule has 1 aromatic rings. The lowest BCUT2D eigenvalue weighted by Gasteiger charge is -2.26. The van der Waals surface area contributed by atoms with Gasteiger partial charge in [0.05, 0.1) is 11.6 Å². The summed E-state index contributed by atoms with van der Waals surface area (Å²) in [6.07, 6.45) is 0.206. The molecule has 6 heteroatoms. The lowest BCUT2D eigenvalue weighted by molar-refractivity contribution is -0.120.